The zero-order valence-electron chi connectivity index (χ0n) is 13.8. The number of hydrogen-bond acceptors (Lipinski definition) is 6. The molecule has 0 atom stereocenters. The Kier molecular flexibility index (Phi) is 6.66. The molecule has 0 aliphatic rings. The Balaban J connectivity index is 1.70. The van der Waals surface area contributed by atoms with Gasteiger partial charge in [0.1, 0.15) is 23.9 Å². The van der Waals surface area contributed by atoms with Crippen LogP contribution in [0.1, 0.15) is 0 Å². The molecule has 0 unspecified atom stereocenters. The van der Waals surface area contributed by atoms with E-state index in [1.54, 1.807) is 47.8 Å². The van der Waals surface area contributed by atoms with Crippen LogP contribution in [0.4, 0.5) is 0 Å². The second-order valence-corrected chi connectivity index (χ2v) is 8.83. The summed E-state index contributed by atoms with van der Waals surface area (Å²) in [4.78, 5) is 2.99. The van der Waals surface area contributed by atoms with E-state index in [9.17, 15) is 10.2 Å². The normalized spacial score (nSPS) is 10.8. The molecule has 0 bridgehead atoms. The van der Waals surface area contributed by atoms with E-state index in [1.807, 2.05) is 48.5 Å². The Morgan fingerprint density at radius 3 is 1.65 bits per heavy atom. The molecule has 0 aliphatic heterocycles. The van der Waals surface area contributed by atoms with Gasteiger partial charge in [-0.2, -0.15) is 0 Å². The van der Waals surface area contributed by atoms with Gasteiger partial charge in [-0.15, -0.1) is 36.2 Å². The first-order valence-corrected chi connectivity index (χ1v) is 10.1. The van der Waals surface area contributed by atoms with E-state index in [0.29, 0.717) is 6.61 Å². The summed E-state index contributed by atoms with van der Waals surface area (Å²) < 4.78 is 6.04. The predicted molar refractivity (Wildman–Crippen MR) is 111 cm³/mol. The molecule has 0 amide bonds. The van der Waals surface area contributed by atoms with Crippen molar-refractivity contribution < 1.29 is 14.9 Å². The Bertz CT molecular complexity index is 771. The largest absolute Gasteiger partial charge is 0.508 e. The maximum absolute atomic E-state index is 9.46. The van der Waals surface area contributed by atoms with Crippen LogP contribution in [0.2, 0.25) is 0 Å². The predicted octanol–water partition coefficient (Wildman–Crippen LogP) is 5.68. The number of thiol groups is 1. The molecule has 3 aromatic rings. The van der Waals surface area contributed by atoms with Gasteiger partial charge in [0.2, 0.25) is 0 Å². The first-order chi connectivity index (χ1) is 12.6. The molecular formula is C20H18O3S3. The van der Waals surface area contributed by atoms with Crippen molar-refractivity contribution in [3.63, 3.8) is 0 Å². The van der Waals surface area contributed by atoms with Crippen LogP contribution < -0.4 is 4.74 Å². The summed E-state index contributed by atoms with van der Waals surface area (Å²) in [5.74, 6) is 1.30. The minimum absolute atomic E-state index is 0.0970. The van der Waals surface area contributed by atoms with Gasteiger partial charge < -0.3 is 14.9 Å². The highest BCUT2D eigenvalue weighted by Crippen LogP contribution is 2.37. The third-order valence-corrected chi connectivity index (χ3v) is 6.19. The van der Waals surface area contributed by atoms with Crippen molar-refractivity contribution in [2.45, 2.75) is 19.3 Å². The molecular weight excluding hydrogens is 384 g/mol. The van der Waals surface area contributed by atoms with Crippen molar-refractivity contribution in [3.8, 4) is 17.2 Å². The number of thioether (sulfide) groups is 2. The van der Waals surface area contributed by atoms with Gasteiger partial charge in [0.25, 0.3) is 0 Å². The number of ether oxygens (including phenoxy) is 1. The van der Waals surface area contributed by atoms with Crippen LogP contribution in [0.3, 0.4) is 0 Å². The van der Waals surface area contributed by atoms with Gasteiger partial charge in [-0.25, -0.2) is 0 Å². The lowest BCUT2D eigenvalue weighted by Gasteiger charge is -2.17. The van der Waals surface area contributed by atoms with Crippen molar-refractivity contribution >= 4 is 36.2 Å². The summed E-state index contributed by atoms with van der Waals surface area (Å²) in [6, 6.07) is 21.9. The highest BCUT2D eigenvalue weighted by Gasteiger charge is 2.14. The fourth-order valence-electron chi connectivity index (χ4n) is 2.15. The Hall–Kier alpha value is -1.89. The van der Waals surface area contributed by atoms with Crippen molar-refractivity contribution in [1.29, 1.82) is 0 Å². The van der Waals surface area contributed by atoms with Crippen molar-refractivity contribution in [1.82, 2.24) is 0 Å². The molecule has 0 fully saturated rings. The number of phenolic OH excluding ortho intramolecular Hbond substituents is 2. The molecule has 3 aromatic carbocycles. The minimum Gasteiger partial charge on any atom is -0.508 e. The highest BCUT2D eigenvalue weighted by atomic mass is 32.2. The Morgan fingerprint density at radius 2 is 1.19 bits per heavy atom. The topological polar surface area (TPSA) is 49.7 Å². The van der Waals surface area contributed by atoms with Gasteiger partial charge in [-0.05, 0) is 72.8 Å². The van der Waals surface area contributed by atoms with Crippen molar-refractivity contribution in [2.75, 3.05) is 6.61 Å². The molecule has 26 heavy (non-hydrogen) atoms. The van der Waals surface area contributed by atoms with E-state index in [4.69, 9.17) is 4.74 Å². The summed E-state index contributed by atoms with van der Waals surface area (Å²) in [6.07, 6.45) is 0. The number of phenols is 2. The smallest absolute Gasteiger partial charge is 0.119 e. The van der Waals surface area contributed by atoms with Gasteiger partial charge in [0.15, 0.2) is 0 Å². The van der Waals surface area contributed by atoms with Crippen LogP contribution in [-0.2, 0) is 0 Å². The monoisotopic (exact) mass is 402 g/mol. The molecule has 0 heterocycles. The zero-order chi connectivity index (χ0) is 18.4. The molecule has 0 saturated heterocycles. The van der Waals surface area contributed by atoms with Crippen LogP contribution in [0.5, 0.6) is 17.2 Å². The third kappa shape index (κ3) is 5.83. The summed E-state index contributed by atoms with van der Waals surface area (Å²) in [5.41, 5.74) is 0. The molecule has 3 nitrogen and oxygen atoms in total. The van der Waals surface area contributed by atoms with E-state index in [-0.39, 0.29) is 16.1 Å². The van der Waals surface area contributed by atoms with Crippen LogP contribution >= 0.6 is 36.2 Å². The quantitative estimate of drug-likeness (QED) is 0.270. The first-order valence-electron chi connectivity index (χ1n) is 7.92. The Labute approximate surface area is 166 Å². The zero-order valence-corrected chi connectivity index (χ0v) is 16.3. The van der Waals surface area contributed by atoms with Gasteiger partial charge in [0, 0.05) is 14.7 Å². The molecule has 2 N–H and O–H groups in total. The van der Waals surface area contributed by atoms with Gasteiger partial charge in [-0.1, -0.05) is 0 Å². The molecule has 0 aliphatic carbocycles. The van der Waals surface area contributed by atoms with Gasteiger partial charge in [0.05, 0.1) is 4.58 Å². The summed E-state index contributed by atoms with van der Waals surface area (Å²) in [7, 11) is 0. The van der Waals surface area contributed by atoms with Crippen LogP contribution in [0.15, 0.2) is 87.5 Å². The fourth-order valence-corrected chi connectivity index (χ4v) is 4.63. The molecule has 134 valence electrons. The lowest BCUT2D eigenvalue weighted by Crippen LogP contribution is -2.10. The fraction of sp³-hybridized carbons (Fsp3) is 0.100. The SMILES string of the molecule is Oc1ccc(SC(COc2ccc(S)cc2)Sc2ccc(O)cc2)cc1. The van der Waals surface area contributed by atoms with Crippen LogP contribution in [0, 0.1) is 0 Å². The maximum atomic E-state index is 9.46. The summed E-state index contributed by atoms with van der Waals surface area (Å²) >= 11 is 7.62. The van der Waals surface area contributed by atoms with Crippen molar-refractivity contribution in [3.05, 3.63) is 72.8 Å². The van der Waals surface area contributed by atoms with E-state index < -0.39 is 0 Å². The first kappa shape index (κ1) is 18.9. The minimum atomic E-state index is 0.0970. The number of aromatic hydroxyl groups is 2. The summed E-state index contributed by atoms with van der Waals surface area (Å²) in [5, 5.41) is 18.9. The van der Waals surface area contributed by atoms with E-state index in [1.165, 1.54) is 0 Å². The van der Waals surface area contributed by atoms with E-state index >= 15 is 0 Å². The average molecular weight is 403 g/mol. The molecule has 0 spiro atoms. The third-order valence-electron chi connectivity index (χ3n) is 3.43. The summed E-state index contributed by atoms with van der Waals surface area (Å²) in [6.45, 7) is 0.503. The number of hydrogen-bond donors (Lipinski definition) is 3. The van der Waals surface area contributed by atoms with Crippen molar-refractivity contribution in [2.24, 2.45) is 0 Å². The van der Waals surface area contributed by atoms with Gasteiger partial charge in [-0.3, -0.25) is 0 Å². The second-order valence-electron chi connectivity index (χ2n) is 5.46. The van der Waals surface area contributed by atoms with E-state index in [0.717, 1.165) is 20.4 Å². The second kappa shape index (κ2) is 9.16. The maximum Gasteiger partial charge on any atom is 0.119 e. The number of rotatable bonds is 7. The number of benzene rings is 3. The lowest BCUT2D eigenvalue weighted by atomic mass is 10.3. The van der Waals surface area contributed by atoms with Crippen LogP contribution in [-0.4, -0.2) is 21.4 Å². The average Bonchev–Trinajstić information content (AvgIpc) is 2.65. The van der Waals surface area contributed by atoms with E-state index in [2.05, 4.69) is 12.6 Å². The highest BCUT2D eigenvalue weighted by molar-refractivity contribution is 8.17. The lowest BCUT2D eigenvalue weighted by molar-refractivity contribution is 0.337. The standard InChI is InChI=1S/C20H18O3S3/c21-14-1-9-18(10-2-14)25-20(26-19-11-3-15(22)4-12-19)13-23-16-5-7-17(24)8-6-16/h1-12,20-22,24H,13H2. The molecule has 0 aromatic heterocycles. The molecule has 0 saturated carbocycles. The van der Waals surface area contributed by atoms with Gasteiger partial charge >= 0.3 is 0 Å². The molecule has 6 heteroatoms. The molecule has 3 rings (SSSR count). The Morgan fingerprint density at radius 1 is 0.731 bits per heavy atom. The van der Waals surface area contributed by atoms with Crippen LogP contribution in [0.25, 0.3) is 0 Å². The molecule has 0 radical (unpaired) electrons.